The molecule has 0 atom stereocenters. The van der Waals surface area contributed by atoms with E-state index in [1.54, 1.807) is 18.2 Å². The zero-order chi connectivity index (χ0) is 15.7. The van der Waals surface area contributed by atoms with Crippen LogP contribution in [0.5, 0.6) is 0 Å². The number of anilines is 1. The number of hydrogen-bond acceptors (Lipinski definition) is 1. The van der Waals surface area contributed by atoms with Gasteiger partial charge in [-0.1, -0.05) is 30.3 Å². The second kappa shape index (κ2) is 5.70. The first-order valence-corrected chi connectivity index (χ1v) is 7.27. The first kappa shape index (κ1) is 14.4. The van der Waals surface area contributed by atoms with Crippen molar-refractivity contribution < 1.29 is 4.79 Å². The highest BCUT2D eigenvalue weighted by Gasteiger charge is 2.10. The number of carbonyl (C=O) groups is 1. The number of hydrogen-bond donors (Lipinski definition) is 2. The van der Waals surface area contributed by atoms with Gasteiger partial charge in [0.1, 0.15) is 5.69 Å². The standard InChI is InChI=1S/C18H15ClN2O/c1-3-12-4-6-15(8-11(12)2)20-18(22)17-10-13-9-14(19)5-7-16(13)21-17/h3-10,21H,1H2,2H3,(H,20,22). The molecule has 110 valence electrons. The van der Waals surface area contributed by atoms with Crippen LogP contribution in [0.25, 0.3) is 17.0 Å². The Morgan fingerprint density at radius 2 is 2.05 bits per heavy atom. The van der Waals surface area contributed by atoms with E-state index in [9.17, 15) is 4.79 Å². The minimum Gasteiger partial charge on any atom is -0.351 e. The molecular formula is C18H15ClN2O. The van der Waals surface area contributed by atoms with Gasteiger partial charge in [-0.25, -0.2) is 0 Å². The summed E-state index contributed by atoms with van der Waals surface area (Å²) in [5, 5.41) is 4.45. The van der Waals surface area contributed by atoms with E-state index in [4.69, 9.17) is 11.6 Å². The summed E-state index contributed by atoms with van der Waals surface area (Å²) in [6.45, 7) is 5.74. The fourth-order valence-electron chi connectivity index (χ4n) is 2.41. The normalized spacial score (nSPS) is 10.6. The van der Waals surface area contributed by atoms with Crippen LogP contribution in [-0.2, 0) is 0 Å². The van der Waals surface area contributed by atoms with Gasteiger partial charge in [0.2, 0.25) is 0 Å². The van der Waals surface area contributed by atoms with Crippen molar-refractivity contribution >= 4 is 40.2 Å². The molecule has 0 bridgehead atoms. The molecular weight excluding hydrogens is 296 g/mol. The van der Waals surface area contributed by atoms with E-state index < -0.39 is 0 Å². The number of nitrogens with one attached hydrogen (secondary N) is 2. The fraction of sp³-hybridized carbons (Fsp3) is 0.0556. The number of H-pyrrole nitrogens is 1. The highest BCUT2D eigenvalue weighted by atomic mass is 35.5. The molecule has 22 heavy (non-hydrogen) atoms. The van der Waals surface area contributed by atoms with Crippen molar-refractivity contribution in [2.45, 2.75) is 6.92 Å². The Kier molecular flexibility index (Phi) is 3.73. The molecule has 0 spiro atoms. The van der Waals surface area contributed by atoms with Gasteiger partial charge in [-0.3, -0.25) is 4.79 Å². The third kappa shape index (κ3) is 2.76. The van der Waals surface area contributed by atoms with Crippen LogP contribution in [0, 0.1) is 6.92 Å². The van der Waals surface area contributed by atoms with Crippen molar-refractivity contribution in [1.29, 1.82) is 0 Å². The number of carbonyl (C=O) groups excluding carboxylic acids is 1. The predicted octanol–water partition coefficient (Wildman–Crippen LogP) is 5.03. The van der Waals surface area contributed by atoms with Crippen LogP contribution in [0.1, 0.15) is 21.6 Å². The predicted molar refractivity (Wildman–Crippen MR) is 92.5 cm³/mol. The van der Waals surface area contributed by atoms with Crippen molar-refractivity contribution in [2.24, 2.45) is 0 Å². The maximum Gasteiger partial charge on any atom is 0.272 e. The van der Waals surface area contributed by atoms with Gasteiger partial charge in [0.05, 0.1) is 0 Å². The van der Waals surface area contributed by atoms with Crippen molar-refractivity contribution in [3.05, 3.63) is 70.9 Å². The van der Waals surface area contributed by atoms with E-state index in [0.29, 0.717) is 10.7 Å². The van der Waals surface area contributed by atoms with Crippen molar-refractivity contribution in [1.82, 2.24) is 4.98 Å². The minimum atomic E-state index is -0.182. The summed E-state index contributed by atoms with van der Waals surface area (Å²) in [4.78, 5) is 15.4. The number of rotatable bonds is 3. The van der Waals surface area contributed by atoms with Crippen LogP contribution in [0.2, 0.25) is 5.02 Å². The van der Waals surface area contributed by atoms with Crippen molar-refractivity contribution in [2.75, 3.05) is 5.32 Å². The van der Waals surface area contributed by atoms with Crippen LogP contribution < -0.4 is 5.32 Å². The van der Waals surface area contributed by atoms with Crippen LogP contribution in [-0.4, -0.2) is 10.9 Å². The van der Waals surface area contributed by atoms with E-state index in [0.717, 1.165) is 27.7 Å². The highest BCUT2D eigenvalue weighted by Crippen LogP contribution is 2.21. The Morgan fingerprint density at radius 3 is 2.77 bits per heavy atom. The summed E-state index contributed by atoms with van der Waals surface area (Å²) < 4.78 is 0. The lowest BCUT2D eigenvalue weighted by Gasteiger charge is -2.06. The van der Waals surface area contributed by atoms with E-state index in [1.165, 1.54) is 0 Å². The molecule has 4 heteroatoms. The molecule has 1 heterocycles. The molecule has 0 aliphatic carbocycles. The third-order valence-corrected chi connectivity index (χ3v) is 3.81. The molecule has 0 unspecified atom stereocenters. The first-order valence-electron chi connectivity index (χ1n) is 6.89. The monoisotopic (exact) mass is 310 g/mol. The second-order valence-electron chi connectivity index (χ2n) is 5.14. The average Bonchev–Trinajstić information content (AvgIpc) is 2.90. The zero-order valence-electron chi connectivity index (χ0n) is 12.1. The molecule has 1 aromatic heterocycles. The quantitative estimate of drug-likeness (QED) is 0.700. The highest BCUT2D eigenvalue weighted by molar-refractivity contribution is 6.31. The number of halogens is 1. The van der Waals surface area contributed by atoms with Gasteiger partial charge >= 0.3 is 0 Å². The van der Waals surface area contributed by atoms with Crippen LogP contribution in [0.3, 0.4) is 0 Å². The lowest BCUT2D eigenvalue weighted by Crippen LogP contribution is -2.12. The maximum atomic E-state index is 12.3. The molecule has 0 aliphatic heterocycles. The van der Waals surface area contributed by atoms with E-state index in [1.807, 2.05) is 37.3 Å². The molecule has 3 nitrogen and oxygen atoms in total. The van der Waals surface area contributed by atoms with E-state index in [2.05, 4.69) is 16.9 Å². The molecule has 0 saturated carbocycles. The summed E-state index contributed by atoms with van der Waals surface area (Å²) in [6.07, 6.45) is 1.79. The van der Waals surface area contributed by atoms with Crippen LogP contribution >= 0.6 is 11.6 Å². The molecule has 0 saturated heterocycles. The van der Waals surface area contributed by atoms with Crippen LogP contribution in [0.15, 0.2) is 49.0 Å². The molecule has 3 rings (SSSR count). The van der Waals surface area contributed by atoms with Crippen molar-refractivity contribution in [3.8, 4) is 0 Å². The molecule has 0 aliphatic rings. The molecule has 2 aromatic carbocycles. The fourth-order valence-corrected chi connectivity index (χ4v) is 2.59. The number of aromatic amines is 1. The minimum absolute atomic E-state index is 0.182. The van der Waals surface area contributed by atoms with E-state index >= 15 is 0 Å². The smallest absolute Gasteiger partial charge is 0.272 e. The molecule has 0 radical (unpaired) electrons. The molecule has 2 N–H and O–H groups in total. The Balaban J connectivity index is 1.86. The largest absolute Gasteiger partial charge is 0.351 e. The topological polar surface area (TPSA) is 44.9 Å². The van der Waals surface area contributed by atoms with E-state index in [-0.39, 0.29) is 5.91 Å². The van der Waals surface area contributed by atoms with Gasteiger partial charge in [0.15, 0.2) is 0 Å². The first-order chi connectivity index (χ1) is 10.6. The number of benzene rings is 2. The molecule has 1 amide bonds. The Morgan fingerprint density at radius 1 is 1.23 bits per heavy atom. The third-order valence-electron chi connectivity index (χ3n) is 3.57. The summed E-state index contributed by atoms with van der Waals surface area (Å²) in [7, 11) is 0. The lowest BCUT2D eigenvalue weighted by molar-refractivity contribution is 0.102. The Hall–Kier alpha value is -2.52. The summed E-state index contributed by atoms with van der Waals surface area (Å²) in [5.74, 6) is -0.182. The molecule has 0 fully saturated rings. The van der Waals surface area contributed by atoms with Crippen molar-refractivity contribution in [3.63, 3.8) is 0 Å². The number of fused-ring (bicyclic) bond motifs is 1. The zero-order valence-corrected chi connectivity index (χ0v) is 12.9. The SMILES string of the molecule is C=Cc1ccc(NC(=O)c2cc3cc(Cl)ccc3[nH]2)cc1C. The average molecular weight is 311 g/mol. The second-order valence-corrected chi connectivity index (χ2v) is 5.58. The van der Waals surface area contributed by atoms with Gasteiger partial charge in [-0.2, -0.15) is 0 Å². The number of aromatic nitrogens is 1. The van der Waals surface area contributed by atoms with Gasteiger partial charge in [0, 0.05) is 21.6 Å². The maximum absolute atomic E-state index is 12.3. The molecule has 3 aromatic rings. The number of amides is 1. The Labute approximate surface area is 133 Å². The Bertz CT molecular complexity index is 880. The van der Waals surface area contributed by atoms with Gasteiger partial charge in [-0.15, -0.1) is 0 Å². The van der Waals surface area contributed by atoms with Gasteiger partial charge in [-0.05, 0) is 54.4 Å². The van der Waals surface area contributed by atoms with Gasteiger partial charge < -0.3 is 10.3 Å². The van der Waals surface area contributed by atoms with Gasteiger partial charge in [0.25, 0.3) is 5.91 Å². The summed E-state index contributed by atoms with van der Waals surface area (Å²) in [6, 6.07) is 13.0. The number of aryl methyl sites for hydroxylation is 1. The summed E-state index contributed by atoms with van der Waals surface area (Å²) in [5.41, 5.74) is 4.26. The summed E-state index contributed by atoms with van der Waals surface area (Å²) >= 11 is 5.96. The lowest BCUT2D eigenvalue weighted by atomic mass is 10.1. The van der Waals surface area contributed by atoms with Crippen LogP contribution in [0.4, 0.5) is 5.69 Å².